The van der Waals surface area contributed by atoms with Gasteiger partial charge in [-0.3, -0.25) is 5.10 Å². The van der Waals surface area contributed by atoms with Crippen LogP contribution in [-0.4, -0.2) is 16.7 Å². The molecule has 0 fully saturated rings. The van der Waals surface area contributed by atoms with Crippen LogP contribution in [0, 0.1) is 0 Å². The molecular formula is C12H17N3. The summed E-state index contributed by atoms with van der Waals surface area (Å²) >= 11 is 0. The van der Waals surface area contributed by atoms with Crippen LogP contribution in [0.1, 0.15) is 25.3 Å². The molecule has 0 radical (unpaired) electrons. The van der Waals surface area contributed by atoms with E-state index in [9.17, 15) is 0 Å². The Balaban J connectivity index is 1.96. The molecule has 0 aliphatic heterocycles. The van der Waals surface area contributed by atoms with E-state index in [4.69, 9.17) is 0 Å². The number of nitrogens with one attached hydrogen (secondary N) is 2. The number of unbranched alkanes of at least 4 members (excludes halogenated alkanes) is 1. The molecule has 15 heavy (non-hydrogen) atoms. The van der Waals surface area contributed by atoms with Crippen LogP contribution in [0.2, 0.25) is 0 Å². The number of H-pyrrole nitrogens is 1. The lowest BCUT2D eigenvalue weighted by Crippen LogP contribution is -2.14. The van der Waals surface area contributed by atoms with Crippen molar-refractivity contribution in [3.63, 3.8) is 0 Å². The molecule has 3 nitrogen and oxygen atoms in total. The summed E-state index contributed by atoms with van der Waals surface area (Å²) in [6, 6.07) is 6.41. The van der Waals surface area contributed by atoms with Gasteiger partial charge in [0.2, 0.25) is 0 Å². The molecule has 0 saturated carbocycles. The molecule has 2 rings (SSSR count). The van der Waals surface area contributed by atoms with Crippen LogP contribution in [0.3, 0.4) is 0 Å². The second kappa shape index (κ2) is 4.94. The predicted octanol–water partition coefficient (Wildman–Crippen LogP) is 2.45. The van der Waals surface area contributed by atoms with Crippen molar-refractivity contribution >= 4 is 10.9 Å². The molecule has 3 heteroatoms. The van der Waals surface area contributed by atoms with Gasteiger partial charge in [-0.15, -0.1) is 0 Å². The first kappa shape index (κ1) is 10.2. The molecule has 0 aliphatic carbocycles. The van der Waals surface area contributed by atoms with Crippen molar-refractivity contribution in [3.05, 3.63) is 30.0 Å². The molecule has 2 N–H and O–H groups in total. The summed E-state index contributed by atoms with van der Waals surface area (Å²) in [6.45, 7) is 4.24. The molecule has 0 bridgehead atoms. The predicted molar refractivity (Wildman–Crippen MR) is 62.7 cm³/mol. The molecule has 2 aromatic rings. The largest absolute Gasteiger partial charge is 0.313 e. The zero-order valence-electron chi connectivity index (χ0n) is 9.09. The summed E-state index contributed by atoms with van der Waals surface area (Å²) in [7, 11) is 0. The minimum absolute atomic E-state index is 0.939. The Morgan fingerprint density at radius 1 is 1.40 bits per heavy atom. The third-order valence-electron chi connectivity index (χ3n) is 2.54. The Morgan fingerprint density at radius 3 is 3.20 bits per heavy atom. The van der Waals surface area contributed by atoms with Crippen molar-refractivity contribution in [3.8, 4) is 0 Å². The first-order valence-electron chi connectivity index (χ1n) is 5.53. The molecule has 0 atom stereocenters. The maximum absolute atomic E-state index is 4.01. The summed E-state index contributed by atoms with van der Waals surface area (Å²) in [5.74, 6) is 0. The number of rotatable bonds is 5. The average Bonchev–Trinajstić information content (AvgIpc) is 2.71. The van der Waals surface area contributed by atoms with Crippen LogP contribution in [0.5, 0.6) is 0 Å². The lowest BCUT2D eigenvalue weighted by atomic mass is 10.1. The summed E-state index contributed by atoms with van der Waals surface area (Å²) in [6.07, 6.45) is 4.34. The monoisotopic (exact) mass is 203 g/mol. The zero-order chi connectivity index (χ0) is 10.5. The quantitative estimate of drug-likeness (QED) is 0.733. The first-order chi connectivity index (χ1) is 7.40. The topological polar surface area (TPSA) is 40.7 Å². The number of benzene rings is 1. The fourth-order valence-corrected chi connectivity index (χ4v) is 1.63. The smallest absolute Gasteiger partial charge is 0.0653 e. The molecule has 0 spiro atoms. The SMILES string of the molecule is CCCCNCc1ccc2cn[nH]c2c1. The molecule has 80 valence electrons. The highest BCUT2D eigenvalue weighted by atomic mass is 15.1. The Labute approximate surface area is 89.9 Å². The lowest BCUT2D eigenvalue weighted by molar-refractivity contribution is 0.641. The van der Waals surface area contributed by atoms with Gasteiger partial charge in [0.15, 0.2) is 0 Å². The molecule has 1 aromatic carbocycles. The summed E-state index contributed by atoms with van der Waals surface area (Å²) in [5.41, 5.74) is 2.42. The minimum Gasteiger partial charge on any atom is -0.313 e. The van der Waals surface area contributed by atoms with E-state index in [1.807, 2.05) is 6.20 Å². The molecule has 1 aromatic heterocycles. The fourth-order valence-electron chi connectivity index (χ4n) is 1.63. The third kappa shape index (κ3) is 2.57. The van der Waals surface area contributed by atoms with Gasteiger partial charge < -0.3 is 5.32 Å². The van der Waals surface area contributed by atoms with Crippen molar-refractivity contribution < 1.29 is 0 Å². The van der Waals surface area contributed by atoms with Crippen LogP contribution in [0.15, 0.2) is 24.4 Å². The van der Waals surface area contributed by atoms with Gasteiger partial charge in [-0.05, 0) is 24.6 Å². The minimum atomic E-state index is 0.939. The third-order valence-corrected chi connectivity index (χ3v) is 2.54. The van der Waals surface area contributed by atoms with Gasteiger partial charge in [0.25, 0.3) is 0 Å². The number of aromatic amines is 1. The zero-order valence-corrected chi connectivity index (χ0v) is 9.09. The maximum atomic E-state index is 4.01. The van der Waals surface area contributed by atoms with Crippen LogP contribution in [0.4, 0.5) is 0 Å². The van der Waals surface area contributed by atoms with Gasteiger partial charge in [0.1, 0.15) is 0 Å². The van der Waals surface area contributed by atoms with Crippen LogP contribution in [-0.2, 0) is 6.54 Å². The standard InChI is InChI=1S/C12H17N3/c1-2-3-6-13-8-10-4-5-11-9-14-15-12(11)7-10/h4-5,7,9,13H,2-3,6,8H2,1H3,(H,14,15). The second-order valence-corrected chi connectivity index (χ2v) is 3.82. The highest BCUT2D eigenvalue weighted by Crippen LogP contribution is 2.12. The van der Waals surface area contributed by atoms with E-state index < -0.39 is 0 Å². The van der Waals surface area contributed by atoms with Crippen LogP contribution < -0.4 is 5.32 Å². The van der Waals surface area contributed by atoms with Crippen molar-refractivity contribution in [2.45, 2.75) is 26.3 Å². The Morgan fingerprint density at radius 2 is 2.33 bits per heavy atom. The van der Waals surface area contributed by atoms with E-state index in [2.05, 4.69) is 40.6 Å². The van der Waals surface area contributed by atoms with E-state index in [-0.39, 0.29) is 0 Å². The Bertz CT molecular complexity index is 419. The molecule has 0 unspecified atom stereocenters. The number of hydrogen-bond acceptors (Lipinski definition) is 2. The number of nitrogens with zero attached hydrogens (tertiary/aromatic N) is 1. The van der Waals surface area contributed by atoms with Crippen LogP contribution in [0.25, 0.3) is 10.9 Å². The van der Waals surface area contributed by atoms with Gasteiger partial charge >= 0.3 is 0 Å². The molecule has 0 saturated heterocycles. The van der Waals surface area contributed by atoms with E-state index >= 15 is 0 Å². The van der Waals surface area contributed by atoms with Crippen molar-refractivity contribution in [2.24, 2.45) is 0 Å². The van der Waals surface area contributed by atoms with Gasteiger partial charge in [0.05, 0.1) is 11.7 Å². The van der Waals surface area contributed by atoms with E-state index in [0.29, 0.717) is 0 Å². The lowest BCUT2D eigenvalue weighted by Gasteiger charge is -2.03. The summed E-state index contributed by atoms with van der Waals surface area (Å²) < 4.78 is 0. The normalized spacial score (nSPS) is 11.0. The summed E-state index contributed by atoms with van der Waals surface area (Å²) in [5, 5.41) is 11.6. The molecule has 1 heterocycles. The highest BCUT2D eigenvalue weighted by molar-refractivity contribution is 5.78. The maximum Gasteiger partial charge on any atom is 0.0653 e. The highest BCUT2D eigenvalue weighted by Gasteiger charge is 1.97. The van der Waals surface area contributed by atoms with Crippen molar-refractivity contribution in [2.75, 3.05) is 6.54 Å². The number of fused-ring (bicyclic) bond motifs is 1. The molecule has 0 amide bonds. The first-order valence-corrected chi connectivity index (χ1v) is 5.53. The average molecular weight is 203 g/mol. The molecule has 0 aliphatic rings. The Hall–Kier alpha value is -1.35. The fraction of sp³-hybridized carbons (Fsp3) is 0.417. The van der Waals surface area contributed by atoms with Gasteiger partial charge in [-0.1, -0.05) is 25.5 Å². The summed E-state index contributed by atoms with van der Waals surface area (Å²) in [4.78, 5) is 0. The van der Waals surface area contributed by atoms with Crippen LogP contribution >= 0.6 is 0 Å². The Kier molecular flexibility index (Phi) is 3.35. The van der Waals surface area contributed by atoms with E-state index in [1.165, 1.54) is 23.8 Å². The van der Waals surface area contributed by atoms with Gasteiger partial charge in [0, 0.05) is 11.9 Å². The van der Waals surface area contributed by atoms with Gasteiger partial charge in [-0.2, -0.15) is 5.10 Å². The molecular weight excluding hydrogens is 186 g/mol. The van der Waals surface area contributed by atoms with Gasteiger partial charge in [-0.25, -0.2) is 0 Å². The van der Waals surface area contributed by atoms with E-state index in [1.54, 1.807) is 0 Å². The van der Waals surface area contributed by atoms with Crippen molar-refractivity contribution in [1.82, 2.24) is 15.5 Å². The van der Waals surface area contributed by atoms with E-state index in [0.717, 1.165) is 18.6 Å². The second-order valence-electron chi connectivity index (χ2n) is 3.82. The van der Waals surface area contributed by atoms with Crippen molar-refractivity contribution in [1.29, 1.82) is 0 Å². The number of hydrogen-bond donors (Lipinski definition) is 2. The number of aromatic nitrogens is 2.